The van der Waals surface area contributed by atoms with Crippen LogP contribution in [-0.2, 0) is 17.6 Å². The van der Waals surface area contributed by atoms with E-state index in [9.17, 15) is 4.79 Å². The Labute approximate surface area is 198 Å². The van der Waals surface area contributed by atoms with Crippen LogP contribution in [0, 0.1) is 0 Å². The van der Waals surface area contributed by atoms with E-state index in [4.69, 9.17) is 4.74 Å². The van der Waals surface area contributed by atoms with Crippen molar-refractivity contribution >= 4 is 34.7 Å². The minimum atomic E-state index is -0.0569. The van der Waals surface area contributed by atoms with Gasteiger partial charge in [-0.1, -0.05) is 24.3 Å². The van der Waals surface area contributed by atoms with Gasteiger partial charge in [0.2, 0.25) is 5.91 Å². The summed E-state index contributed by atoms with van der Waals surface area (Å²) in [5.41, 5.74) is 3.86. The number of nitrogens with zero attached hydrogens (tertiary/aromatic N) is 2. The van der Waals surface area contributed by atoms with Gasteiger partial charge in [0.25, 0.3) is 0 Å². The van der Waals surface area contributed by atoms with Gasteiger partial charge in [-0.2, -0.15) is 11.8 Å². The van der Waals surface area contributed by atoms with Crippen molar-refractivity contribution < 1.29 is 9.53 Å². The van der Waals surface area contributed by atoms with Crippen LogP contribution in [0.25, 0.3) is 10.6 Å². The number of para-hydroxylation sites is 1. The van der Waals surface area contributed by atoms with Gasteiger partial charge in [0, 0.05) is 42.2 Å². The standard InChI is InChI=1S/C25H29N3O2S2/c1-2-30-23-6-4-3-5-22(23)25-27-21(18-32-25)17-24(29)26-20-9-7-19(8-10-20)11-12-28-13-15-31-16-14-28/h3-10,18H,2,11-17H2,1H3,(H,26,29). The predicted octanol–water partition coefficient (Wildman–Crippen LogP) is 4.98. The van der Waals surface area contributed by atoms with Crippen molar-refractivity contribution in [3.05, 3.63) is 65.2 Å². The molecule has 0 aliphatic carbocycles. The zero-order chi connectivity index (χ0) is 22.2. The number of hydrogen-bond donors (Lipinski definition) is 1. The summed E-state index contributed by atoms with van der Waals surface area (Å²) in [6.45, 7) is 6.05. The molecule has 32 heavy (non-hydrogen) atoms. The number of nitrogens with one attached hydrogen (secondary N) is 1. The topological polar surface area (TPSA) is 54.5 Å². The number of benzene rings is 2. The number of thioether (sulfide) groups is 1. The Balaban J connectivity index is 1.29. The van der Waals surface area contributed by atoms with Crippen molar-refractivity contribution in [2.75, 3.05) is 43.1 Å². The third kappa shape index (κ3) is 6.34. The van der Waals surface area contributed by atoms with E-state index in [1.54, 1.807) is 0 Å². The number of aromatic nitrogens is 1. The lowest BCUT2D eigenvalue weighted by atomic mass is 10.1. The molecule has 1 aliphatic rings. The van der Waals surface area contributed by atoms with Crippen LogP contribution in [0.1, 0.15) is 18.2 Å². The number of hydrogen-bond acceptors (Lipinski definition) is 6. The Kier molecular flexibility index (Phi) is 8.20. The molecule has 168 valence electrons. The van der Waals surface area contributed by atoms with Gasteiger partial charge < -0.3 is 15.0 Å². The van der Waals surface area contributed by atoms with E-state index in [2.05, 4.69) is 27.3 Å². The third-order valence-electron chi connectivity index (χ3n) is 5.37. The number of anilines is 1. The Hall–Kier alpha value is -2.35. The molecule has 2 aromatic carbocycles. The van der Waals surface area contributed by atoms with Crippen molar-refractivity contribution in [2.45, 2.75) is 19.8 Å². The maximum Gasteiger partial charge on any atom is 0.230 e. The van der Waals surface area contributed by atoms with Gasteiger partial charge in [-0.25, -0.2) is 4.98 Å². The summed E-state index contributed by atoms with van der Waals surface area (Å²) in [6.07, 6.45) is 1.30. The van der Waals surface area contributed by atoms with E-state index in [-0.39, 0.29) is 12.3 Å². The average Bonchev–Trinajstić information content (AvgIpc) is 3.28. The molecule has 0 spiro atoms. The van der Waals surface area contributed by atoms with Crippen LogP contribution in [0.2, 0.25) is 0 Å². The van der Waals surface area contributed by atoms with E-state index in [0.29, 0.717) is 6.61 Å². The SMILES string of the molecule is CCOc1ccccc1-c1nc(CC(=O)Nc2ccc(CCN3CCSCC3)cc2)cs1. The Morgan fingerprint density at radius 1 is 1.12 bits per heavy atom. The molecule has 1 saturated heterocycles. The second-order valence-corrected chi connectivity index (χ2v) is 9.78. The highest BCUT2D eigenvalue weighted by atomic mass is 32.2. The average molecular weight is 468 g/mol. The first kappa shape index (κ1) is 22.8. The second kappa shape index (κ2) is 11.5. The molecule has 0 saturated carbocycles. The Bertz CT molecular complexity index is 1010. The molecule has 1 fully saturated rings. The molecule has 1 aliphatic heterocycles. The highest BCUT2D eigenvalue weighted by molar-refractivity contribution is 7.99. The number of carbonyl (C=O) groups excluding carboxylic acids is 1. The Morgan fingerprint density at radius 2 is 1.91 bits per heavy atom. The van der Waals surface area contributed by atoms with Crippen molar-refractivity contribution in [2.24, 2.45) is 0 Å². The molecule has 7 heteroatoms. The van der Waals surface area contributed by atoms with Gasteiger partial charge in [-0.3, -0.25) is 4.79 Å². The lowest BCUT2D eigenvalue weighted by Gasteiger charge is -2.26. The minimum absolute atomic E-state index is 0.0569. The molecular weight excluding hydrogens is 438 g/mol. The number of rotatable bonds is 9. The Morgan fingerprint density at radius 3 is 2.69 bits per heavy atom. The molecule has 4 rings (SSSR count). The van der Waals surface area contributed by atoms with E-state index in [0.717, 1.165) is 40.7 Å². The maximum absolute atomic E-state index is 12.5. The molecule has 0 atom stereocenters. The lowest BCUT2D eigenvalue weighted by Crippen LogP contribution is -2.34. The molecule has 2 heterocycles. The number of ether oxygens (including phenoxy) is 1. The first-order valence-corrected chi connectivity index (χ1v) is 13.1. The maximum atomic E-state index is 12.5. The van der Waals surface area contributed by atoms with Crippen LogP contribution >= 0.6 is 23.1 Å². The van der Waals surface area contributed by atoms with E-state index in [1.165, 1.54) is 41.5 Å². The number of thiazole rings is 1. The summed E-state index contributed by atoms with van der Waals surface area (Å²) >= 11 is 3.57. The smallest absolute Gasteiger partial charge is 0.230 e. The van der Waals surface area contributed by atoms with Gasteiger partial charge in [-0.05, 0) is 43.2 Å². The fourth-order valence-electron chi connectivity index (χ4n) is 3.67. The molecule has 1 amide bonds. The summed E-state index contributed by atoms with van der Waals surface area (Å²) in [6, 6.07) is 16.1. The van der Waals surface area contributed by atoms with Crippen LogP contribution in [0.5, 0.6) is 5.75 Å². The largest absolute Gasteiger partial charge is 0.493 e. The number of carbonyl (C=O) groups is 1. The van der Waals surface area contributed by atoms with Crippen LogP contribution in [0.3, 0.4) is 0 Å². The fourth-order valence-corrected chi connectivity index (χ4v) is 5.50. The van der Waals surface area contributed by atoms with Crippen LogP contribution in [0.4, 0.5) is 5.69 Å². The molecule has 0 bridgehead atoms. The predicted molar refractivity (Wildman–Crippen MR) is 135 cm³/mol. The molecule has 3 aromatic rings. The summed E-state index contributed by atoms with van der Waals surface area (Å²) in [5.74, 6) is 3.24. The van der Waals surface area contributed by atoms with E-state index in [1.807, 2.05) is 60.5 Å². The zero-order valence-corrected chi connectivity index (χ0v) is 20.0. The number of amides is 1. The first-order chi connectivity index (χ1) is 15.7. The van der Waals surface area contributed by atoms with Crippen LogP contribution < -0.4 is 10.1 Å². The van der Waals surface area contributed by atoms with Gasteiger partial charge in [0.15, 0.2) is 0 Å². The van der Waals surface area contributed by atoms with Crippen LogP contribution in [-0.4, -0.2) is 53.5 Å². The molecular formula is C25H29N3O2S2. The van der Waals surface area contributed by atoms with Crippen molar-refractivity contribution in [3.63, 3.8) is 0 Å². The first-order valence-electron chi connectivity index (χ1n) is 11.1. The summed E-state index contributed by atoms with van der Waals surface area (Å²) < 4.78 is 5.71. The lowest BCUT2D eigenvalue weighted by molar-refractivity contribution is -0.115. The van der Waals surface area contributed by atoms with Gasteiger partial charge in [0.05, 0.1) is 24.3 Å². The van der Waals surface area contributed by atoms with Crippen molar-refractivity contribution in [1.29, 1.82) is 0 Å². The molecule has 1 aromatic heterocycles. The minimum Gasteiger partial charge on any atom is -0.493 e. The second-order valence-electron chi connectivity index (χ2n) is 7.70. The molecule has 5 nitrogen and oxygen atoms in total. The highest BCUT2D eigenvalue weighted by Crippen LogP contribution is 2.32. The van der Waals surface area contributed by atoms with Gasteiger partial charge >= 0.3 is 0 Å². The van der Waals surface area contributed by atoms with Crippen molar-refractivity contribution in [3.8, 4) is 16.3 Å². The van der Waals surface area contributed by atoms with Gasteiger partial charge in [0.1, 0.15) is 10.8 Å². The van der Waals surface area contributed by atoms with Crippen molar-refractivity contribution in [1.82, 2.24) is 9.88 Å². The molecule has 0 radical (unpaired) electrons. The summed E-state index contributed by atoms with van der Waals surface area (Å²) in [4.78, 5) is 19.7. The fraction of sp³-hybridized carbons (Fsp3) is 0.360. The quantitative estimate of drug-likeness (QED) is 0.481. The summed E-state index contributed by atoms with van der Waals surface area (Å²) in [5, 5.41) is 5.80. The van der Waals surface area contributed by atoms with E-state index >= 15 is 0 Å². The van der Waals surface area contributed by atoms with Crippen LogP contribution in [0.15, 0.2) is 53.9 Å². The zero-order valence-electron chi connectivity index (χ0n) is 18.4. The van der Waals surface area contributed by atoms with E-state index < -0.39 is 0 Å². The van der Waals surface area contributed by atoms with Gasteiger partial charge in [-0.15, -0.1) is 11.3 Å². The highest BCUT2D eigenvalue weighted by Gasteiger charge is 2.13. The molecule has 1 N–H and O–H groups in total. The normalized spacial score (nSPS) is 14.3. The summed E-state index contributed by atoms with van der Waals surface area (Å²) in [7, 11) is 0. The third-order valence-corrected chi connectivity index (χ3v) is 7.24. The monoisotopic (exact) mass is 467 g/mol. The molecule has 0 unspecified atom stereocenters.